The highest BCUT2D eigenvalue weighted by molar-refractivity contribution is 5.23. The molecule has 5 nitrogen and oxygen atoms in total. The highest BCUT2D eigenvalue weighted by Crippen LogP contribution is 2.21. The lowest BCUT2D eigenvalue weighted by atomic mass is 10.1. The van der Waals surface area contributed by atoms with Gasteiger partial charge in [0, 0.05) is 25.5 Å². The van der Waals surface area contributed by atoms with Crippen LogP contribution < -0.4 is 5.32 Å². The van der Waals surface area contributed by atoms with Crippen LogP contribution in [0.1, 0.15) is 17.4 Å². The molecular formula is C10H11N5. The Morgan fingerprint density at radius 1 is 1.33 bits per heavy atom. The van der Waals surface area contributed by atoms with Crippen LogP contribution >= 0.6 is 0 Å². The summed E-state index contributed by atoms with van der Waals surface area (Å²) in [4.78, 5) is 4.01. The second-order valence-corrected chi connectivity index (χ2v) is 3.55. The number of rotatable bonds is 1. The normalized spacial score (nSPS) is 19.9. The number of hydrogen-bond acceptors (Lipinski definition) is 4. The maximum absolute atomic E-state index is 4.14. The van der Waals surface area contributed by atoms with Crippen molar-refractivity contribution in [1.82, 2.24) is 25.1 Å². The molecule has 15 heavy (non-hydrogen) atoms. The zero-order chi connectivity index (χ0) is 10.1. The second kappa shape index (κ2) is 3.43. The van der Waals surface area contributed by atoms with Crippen molar-refractivity contribution < 1.29 is 0 Å². The van der Waals surface area contributed by atoms with E-state index in [4.69, 9.17) is 0 Å². The number of aromatic nitrogens is 4. The van der Waals surface area contributed by atoms with E-state index in [9.17, 15) is 0 Å². The van der Waals surface area contributed by atoms with Crippen molar-refractivity contribution in [2.45, 2.75) is 12.6 Å². The molecule has 1 N–H and O–H groups in total. The molecule has 0 spiro atoms. The summed E-state index contributed by atoms with van der Waals surface area (Å²) < 4.78 is 2.08. The highest BCUT2D eigenvalue weighted by Gasteiger charge is 2.22. The summed E-state index contributed by atoms with van der Waals surface area (Å²) in [7, 11) is 0. The van der Waals surface area contributed by atoms with Crippen molar-refractivity contribution in [1.29, 1.82) is 0 Å². The predicted molar refractivity (Wildman–Crippen MR) is 54.1 cm³/mol. The summed E-state index contributed by atoms with van der Waals surface area (Å²) in [5.74, 6) is 0.979. The fraction of sp³-hybridized carbons (Fsp3) is 0.300. The zero-order valence-corrected chi connectivity index (χ0v) is 8.17. The standard InChI is InChI=1S/C10H11N5/c1-3-11-4-2-8(1)9-10-14-13-7-15(10)6-5-12-9/h1-4,7,9,12H,5-6H2. The summed E-state index contributed by atoms with van der Waals surface area (Å²) in [6, 6.07) is 4.15. The summed E-state index contributed by atoms with van der Waals surface area (Å²) in [5, 5.41) is 11.5. The first-order valence-electron chi connectivity index (χ1n) is 4.96. The lowest BCUT2D eigenvalue weighted by Gasteiger charge is -2.24. The Bertz CT molecular complexity index is 450. The molecule has 76 valence electrons. The molecule has 1 aliphatic rings. The Balaban J connectivity index is 2.03. The topological polar surface area (TPSA) is 55.6 Å². The molecule has 0 aromatic carbocycles. The molecule has 1 aliphatic heterocycles. The minimum absolute atomic E-state index is 0.143. The fourth-order valence-electron chi connectivity index (χ4n) is 1.90. The highest BCUT2D eigenvalue weighted by atomic mass is 15.3. The van der Waals surface area contributed by atoms with Gasteiger partial charge in [0.05, 0.1) is 6.04 Å². The molecule has 1 atom stereocenters. The monoisotopic (exact) mass is 201 g/mol. The van der Waals surface area contributed by atoms with Crippen molar-refractivity contribution >= 4 is 0 Å². The lowest BCUT2D eigenvalue weighted by Crippen LogP contribution is -2.34. The van der Waals surface area contributed by atoms with Gasteiger partial charge >= 0.3 is 0 Å². The fourth-order valence-corrected chi connectivity index (χ4v) is 1.90. The number of nitrogens with one attached hydrogen (secondary N) is 1. The van der Waals surface area contributed by atoms with Gasteiger partial charge in [0.25, 0.3) is 0 Å². The van der Waals surface area contributed by atoms with Crippen molar-refractivity contribution in [3.63, 3.8) is 0 Å². The minimum Gasteiger partial charge on any atom is -0.315 e. The second-order valence-electron chi connectivity index (χ2n) is 3.55. The molecule has 3 heterocycles. The first-order chi connectivity index (χ1) is 7.45. The van der Waals surface area contributed by atoms with Crippen LogP contribution in [0.3, 0.4) is 0 Å². The van der Waals surface area contributed by atoms with E-state index < -0.39 is 0 Å². The molecule has 3 rings (SSSR count). The quantitative estimate of drug-likeness (QED) is 0.724. The third kappa shape index (κ3) is 1.41. The van der Waals surface area contributed by atoms with Gasteiger partial charge in [0.1, 0.15) is 6.33 Å². The van der Waals surface area contributed by atoms with Crippen molar-refractivity contribution in [2.75, 3.05) is 6.54 Å². The Labute approximate surface area is 87.2 Å². The van der Waals surface area contributed by atoms with Crippen molar-refractivity contribution in [3.8, 4) is 0 Å². The average Bonchev–Trinajstić information content (AvgIpc) is 2.78. The van der Waals surface area contributed by atoms with Crippen LogP contribution in [0.15, 0.2) is 30.9 Å². The van der Waals surface area contributed by atoms with E-state index in [2.05, 4.69) is 25.1 Å². The van der Waals surface area contributed by atoms with Crippen LogP contribution in [-0.2, 0) is 6.54 Å². The van der Waals surface area contributed by atoms with Crippen LogP contribution in [0.25, 0.3) is 0 Å². The molecule has 5 heteroatoms. The molecule has 1 unspecified atom stereocenters. The van der Waals surface area contributed by atoms with Gasteiger partial charge in [-0.3, -0.25) is 4.98 Å². The summed E-state index contributed by atoms with van der Waals surface area (Å²) >= 11 is 0. The van der Waals surface area contributed by atoms with Crippen LogP contribution in [0.4, 0.5) is 0 Å². The minimum atomic E-state index is 0.143. The molecule has 0 saturated carbocycles. The van der Waals surface area contributed by atoms with Crippen molar-refractivity contribution in [2.24, 2.45) is 0 Å². The van der Waals surface area contributed by atoms with E-state index in [0.29, 0.717) is 0 Å². The predicted octanol–water partition coefficient (Wildman–Crippen LogP) is 0.366. The summed E-state index contributed by atoms with van der Waals surface area (Å²) in [6.07, 6.45) is 5.38. The zero-order valence-electron chi connectivity index (χ0n) is 8.17. The summed E-state index contributed by atoms with van der Waals surface area (Å²) in [5.41, 5.74) is 1.18. The Morgan fingerprint density at radius 3 is 3.07 bits per heavy atom. The molecule has 0 saturated heterocycles. The van der Waals surface area contributed by atoms with Crippen LogP contribution in [0.2, 0.25) is 0 Å². The van der Waals surface area contributed by atoms with Gasteiger partial charge in [0.15, 0.2) is 5.82 Å². The first-order valence-corrected chi connectivity index (χ1v) is 4.96. The van der Waals surface area contributed by atoms with E-state index in [1.54, 1.807) is 18.7 Å². The van der Waals surface area contributed by atoms with E-state index in [0.717, 1.165) is 18.9 Å². The first kappa shape index (κ1) is 8.55. The summed E-state index contributed by atoms with van der Waals surface area (Å²) in [6.45, 7) is 1.88. The molecular weight excluding hydrogens is 190 g/mol. The Morgan fingerprint density at radius 2 is 2.20 bits per heavy atom. The van der Waals surface area contributed by atoms with E-state index in [1.807, 2.05) is 12.1 Å². The van der Waals surface area contributed by atoms with Crippen LogP contribution in [0.5, 0.6) is 0 Å². The van der Waals surface area contributed by atoms with E-state index in [-0.39, 0.29) is 6.04 Å². The van der Waals surface area contributed by atoms with Crippen LogP contribution in [0, 0.1) is 0 Å². The average molecular weight is 201 g/mol. The number of fused-ring (bicyclic) bond motifs is 1. The molecule has 0 radical (unpaired) electrons. The SMILES string of the molecule is c1cc(C2NCCn3cnnc32)ccn1. The third-order valence-corrected chi connectivity index (χ3v) is 2.64. The van der Waals surface area contributed by atoms with Gasteiger partial charge in [0.2, 0.25) is 0 Å². The maximum Gasteiger partial charge on any atom is 0.154 e. The lowest BCUT2D eigenvalue weighted by molar-refractivity contribution is 0.455. The molecule has 2 aromatic rings. The van der Waals surface area contributed by atoms with Gasteiger partial charge < -0.3 is 9.88 Å². The molecule has 0 aliphatic carbocycles. The number of hydrogen-bond donors (Lipinski definition) is 1. The van der Waals surface area contributed by atoms with Gasteiger partial charge in [-0.2, -0.15) is 0 Å². The van der Waals surface area contributed by atoms with Gasteiger partial charge in [-0.15, -0.1) is 10.2 Å². The van der Waals surface area contributed by atoms with Gasteiger partial charge in [-0.1, -0.05) is 0 Å². The van der Waals surface area contributed by atoms with Crippen molar-refractivity contribution in [3.05, 3.63) is 42.2 Å². The number of pyridine rings is 1. The molecule has 2 aromatic heterocycles. The van der Waals surface area contributed by atoms with Gasteiger partial charge in [-0.25, -0.2) is 0 Å². The van der Waals surface area contributed by atoms with E-state index in [1.165, 1.54) is 5.56 Å². The maximum atomic E-state index is 4.14. The third-order valence-electron chi connectivity index (χ3n) is 2.64. The Kier molecular flexibility index (Phi) is 1.96. The smallest absolute Gasteiger partial charge is 0.154 e. The number of nitrogens with zero attached hydrogens (tertiary/aromatic N) is 4. The van der Waals surface area contributed by atoms with Gasteiger partial charge in [-0.05, 0) is 17.7 Å². The molecule has 0 amide bonds. The largest absolute Gasteiger partial charge is 0.315 e. The Hall–Kier alpha value is -1.75. The van der Waals surface area contributed by atoms with Crippen LogP contribution in [-0.4, -0.2) is 26.3 Å². The molecule has 0 fully saturated rings. The van der Waals surface area contributed by atoms with E-state index >= 15 is 0 Å². The molecule has 0 bridgehead atoms.